The van der Waals surface area contributed by atoms with Crippen LogP contribution in [0.1, 0.15) is 5.56 Å². The molecule has 0 bridgehead atoms. The molecule has 5 heteroatoms. The molecule has 1 heterocycles. The van der Waals surface area contributed by atoms with Gasteiger partial charge in [-0.1, -0.05) is 18.2 Å². The quantitative estimate of drug-likeness (QED) is 0.828. The van der Waals surface area contributed by atoms with Crippen LogP contribution in [-0.2, 0) is 16.0 Å². The van der Waals surface area contributed by atoms with Crippen LogP contribution < -0.4 is 10.1 Å². The van der Waals surface area contributed by atoms with E-state index < -0.39 is 0 Å². The van der Waals surface area contributed by atoms with Gasteiger partial charge in [-0.2, -0.15) is 0 Å². The third-order valence-corrected chi connectivity index (χ3v) is 2.97. The Labute approximate surface area is 106 Å². The standard InChI is InChI=1S/C13H16N2O3/c1-18-11-5-3-2-4-10(11)6-7-15-9-12(16)14-8-13(15)17/h2-5H,6-9H2,1H3,(H,14,16). The lowest BCUT2D eigenvalue weighted by atomic mass is 10.1. The fourth-order valence-electron chi connectivity index (χ4n) is 1.97. The topological polar surface area (TPSA) is 58.6 Å². The van der Waals surface area contributed by atoms with E-state index >= 15 is 0 Å². The largest absolute Gasteiger partial charge is 0.496 e. The Balaban J connectivity index is 1.98. The number of ether oxygens (including phenoxy) is 1. The van der Waals surface area contributed by atoms with Crippen molar-refractivity contribution >= 4 is 11.8 Å². The van der Waals surface area contributed by atoms with Crippen molar-refractivity contribution in [1.82, 2.24) is 10.2 Å². The predicted molar refractivity (Wildman–Crippen MR) is 66.3 cm³/mol. The molecule has 2 amide bonds. The van der Waals surface area contributed by atoms with E-state index in [4.69, 9.17) is 4.74 Å². The Kier molecular flexibility index (Phi) is 3.82. The number of nitrogens with zero attached hydrogens (tertiary/aromatic N) is 1. The molecule has 5 nitrogen and oxygen atoms in total. The molecule has 1 aliphatic heterocycles. The number of carbonyl (C=O) groups excluding carboxylic acids is 2. The smallest absolute Gasteiger partial charge is 0.242 e. The van der Waals surface area contributed by atoms with Crippen LogP contribution in [0.2, 0.25) is 0 Å². The van der Waals surface area contributed by atoms with Gasteiger partial charge in [0.15, 0.2) is 0 Å². The van der Waals surface area contributed by atoms with Crippen LogP contribution in [0.4, 0.5) is 0 Å². The lowest BCUT2D eigenvalue weighted by Gasteiger charge is -2.26. The molecule has 0 radical (unpaired) electrons. The number of benzene rings is 1. The van der Waals surface area contributed by atoms with Crippen LogP contribution in [0.25, 0.3) is 0 Å². The molecule has 2 rings (SSSR count). The molecule has 1 aromatic rings. The zero-order valence-electron chi connectivity index (χ0n) is 10.3. The number of para-hydroxylation sites is 1. The fraction of sp³-hybridized carbons (Fsp3) is 0.385. The van der Waals surface area contributed by atoms with Gasteiger partial charge >= 0.3 is 0 Å². The van der Waals surface area contributed by atoms with Crippen molar-refractivity contribution in [3.63, 3.8) is 0 Å². The van der Waals surface area contributed by atoms with Crippen LogP contribution in [0.5, 0.6) is 5.75 Å². The maximum absolute atomic E-state index is 11.6. The molecule has 1 N–H and O–H groups in total. The summed E-state index contributed by atoms with van der Waals surface area (Å²) < 4.78 is 5.25. The lowest BCUT2D eigenvalue weighted by molar-refractivity contribution is -0.140. The Hall–Kier alpha value is -2.04. The minimum absolute atomic E-state index is 0.0375. The SMILES string of the molecule is COc1ccccc1CCN1CC(=O)NCC1=O. The minimum atomic E-state index is -0.102. The summed E-state index contributed by atoms with van der Waals surface area (Å²) in [6, 6.07) is 7.69. The lowest BCUT2D eigenvalue weighted by Crippen LogP contribution is -2.52. The molecule has 0 aromatic heterocycles. The van der Waals surface area contributed by atoms with Crippen molar-refractivity contribution in [3.05, 3.63) is 29.8 Å². The molecule has 0 spiro atoms. The van der Waals surface area contributed by atoms with Crippen molar-refractivity contribution in [2.45, 2.75) is 6.42 Å². The summed E-state index contributed by atoms with van der Waals surface area (Å²) in [6.07, 6.45) is 0.684. The summed E-state index contributed by atoms with van der Waals surface area (Å²) in [7, 11) is 1.62. The zero-order chi connectivity index (χ0) is 13.0. The second kappa shape index (κ2) is 5.53. The number of hydrogen-bond donors (Lipinski definition) is 1. The highest BCUT2D eigenvalue weighted by Crippen LogP contribution is 2.18. The molecule has 1 aromatic carbocycles. The first-order valence-electron chi connectivity index (χ1n) is 5.87. The normalized spacial score (nSPS) is 15.5. The van der Waals surface area contributed by atoms with Gasteiger partial charge in [0.25, 0.3) is 0 Å². The number of amides is 2. The first kappa shape index (κ1) is 12.4. The van der Waals surface area contributed by atoms with E-state index in [-0.39, 0.29) is 24.9 Å². The molecular weight excluding hydrogens is 232 g/mol. The van der Waals surface area contributed by atoms with E-state index in [1.165, 1.54) is 0 Å². The van der Waals surface area contributed by atoms with Crippen molar-refractivity contribution < 1.29 is 14.3 Å². The maximum Gasteiger partial charge on any atom is 0.242 e. The molecule has 0 aliphatic carbocycles. The van der Waals surface area contributed by atoms with E-state index in [0.29, 0.717) is 13.0 Å². The summed E-state index contributed by atoms with van der Waals surface area (Å²) in [5.41, 5.74) is 1.04. The van der Waals surface area contributed by atoms with Gasteiger partial charge in [0.2, 0.25) is 11.8 Å². The van der Waals surface area contributed by atoms with Crippen LogP contribution in [-0.4, -0.2) is 43.5 Å². The Morgan fingerprint density at radius 2 is 2.11 bits per heavy atom. The first-order chi connectivity index (χ1) is 8.70. The summed E-state index contributed by atoms with van der Waals surface area (Å²) in [6.45, 7) is 0.783. The summed E-state index contributed by atoms with van der Waals surface area (Å²) in [4.78, 5) is 24.4. The molecule has 0 unspecified atom stereocenters. The van der Waals surface area contributed by atoms with Crippen molar-refractivity contribution in [2.24, 2.45) is 0 Å². The summed E-state index contributed by atoms with van der Waals surface area (Å²) >= 11 is 0. The summed E-state index contributed by atoms with van der Waals surface area (Å²) in [5, 5.41) is 2.53. The first-order valence-corrected chi connectivity index (χ1v) is 5.87. The van der Waals surface area contributed by atoms with Gasteiger partial charge in [-0.05, 0) is 18.1 Å². The van der Waals surface area contributed by atoms with Crippen LogP contribution in [0.15, 0.2) is 24.3 Å². The third-order valence-electron chi connectivity index (χ3n) is 2.97. The monoisotopic (exact) mass is 248 g/mol. The molecule has 0 saturated carbocycles. The minimum Gasteiger partial charge on any atom is -0.496 e. The maximum atomic E-state index is 11.6. The van der Waals surface area contributed by atoms with Gasteiger partial charge in [-0.15, -0.1) is 0 Å². The van der Waals surface area contributed by atoms with Gasteiger partial charge < -0.3 is 15.0 Å². The third kappa shape index (κ3) is 2.80. The summed E-state index contributed by atoms with van der Waals surface area (Å²) in [5.74, 6) is 0.672. The average Bonchev–Trinajstić information content (AvgIpc) is 2.40. The second-order valence-corrected chi connectivity index (χ2v) is 4.15. The number of rotatable bonds is 4. The molecule has 18 heavy (non-hydrogen) atoms. The van der Waals surface area contributed by atoms with Gasteiger partial charge in [-0.25, -0.2) is 0 Å². The van der Waals surface area contributed by atoms with Crippen molar-refractivity contribution in [3.8, 4) is 5.75 Å². The second-order valence-electron chi connectivity index (χ2n) is 4.15. The molecule has 1 fully saturated rings. The number of carbonyl (C=O) groups is 2. The van der Waals surface area contributed by atoms with Gasteiger partial charge in [0, 0.05) is 6.54 Å². The van der Waals surface area contributed by atoms with Crippen LogP contribution in [0.3, 0.4) is 0 Å². The van der Waals surface area contributed by atoms with Crippen molar-refractivity contribution in [2.75, 3.05) is 26.7 Å². The molecular formula is C13H16N2O3. The number of piperazine rings is 1. The average molecular weight is 248 g/mol. The van der Waals surface area contributed by atoms with E-state index in [0.717, 1.165) is 11.3 Å². The fourth-order valence-corrected chi connectivity index (χ4v) is 1.97. The van der Waals surface area contributed by atoms with Crippen LogP contribution in [0, 0.1) is 0 Å². The number of nitrogens with one attached hydrogen (secondary N) is 1. The Morgan fingerprint density at radius 1 is 1.33 bits per heavy atom. The van der Waals surface area contributed by atoms with E-state index in [1.54, 1.807) is 12.0 Å². The van der Waals surface area contributed by atoms with E-state index in [1.807, 2.05) is 24.3 Å². The Bertz CT molecular complexity index is 459. The number of methoxy groups -OCH3 is 1. The molecule has 96 valence electrons. The van der Waals surface area contributed by atoms with Gasteiger partial charge in [-0.3, -0.25) is 9.59 Å². The number of hydrogen-bond acceptors (Lipinski definition) is 3. The van der Waals surface area contributed by atoms with Gasteiger partial charge in [0.05, 0.1) is 20.2 Å². The van der Waals surface area contributed by atoms with E-state index in [2.05, 4.69) is 5.32 Å². The van der Waals surface area contributed by atoms with Gasteiger partial charge in [0.1, 0.15) is 5.75 Å². The van der Waals surface area contributed by atoms with Crippen LogP contribution >= 0.6 is 0 Å². The highest BCUT2D eigenvalue weighted by Gasteiger charge is 2.22. The molecule has 0 atom stereocenters. The van der Waals surface area contributed by atoms with E-state index in [9.17, 15) is 9.59 Å². The Morgan fingerprint density at radius 3 is 2.89 bits per heavy atom. The molecule has 1 saturated heterocycles. The predicted octanol–water partition coefficient (Wildman–Crippen LogP) is 0.196. The highest BCUT2D eigenvalue weighted by atomic mass is 16.5. The van der Waals surface area contributed by atoms with Crippen molar-refractivity contribution in [1.29, 1.82) is 0 Å². The molecule has 1 aliphatic rings. The highest BCUT2D eigenvalue weighted by molar-refractivity contribution is 5.92. The zero-order valence-corrected chi connectivity index (χ0v) is 10.3.